The molecule has 2 rings (SSSR count). The van der Waals surface area contributed by atoms with Crippen molar-refractivity contribution in [3.05, 3.63) is 41.7 Å². The molecule has 1 aromatic carbocycles. The Kier molecular flexibility index (Phi) is 4.41. The molecule has 0 atom stereocenters. The number of aromatic nitrogens is 2. The van der Waals surface area contributed by atoms with Gasteiger partial charge < -0.3 is 5.11 Å². The van der Waals surface area contributed by atoms with Crippen molar-refractivity contribution >= 4 is 10.0 Å². The van der Waals surface area contributed by atoms with Crippen LogP contribution in [-0.4, -0.2) is 30.3 Å². The first-order valence-electron chi connectivity index (χ1n) is 6.26. The van der Waals surface area contributed by atoms with Crippen LogP contribution < -0.4 is 4.72 Å². The Morgan fingerprint density at radius 1 is 1.40 bits per heavy atom. The lowest BCUT2D eigenvalue weighted by Crippen LogP contribution is -2.25. The molecule has 0 saturated heterocycles. The van der Waals surface area contributed by atoms with Crippen LogP contribution in [0.5, 0.6) is 5.75 Å². The average Bonchev–Trinajstić information content (AvgIpc) is 2.80. The molecule has 1 aromatic heterocycles. The summed E-state index contributed by atoms with van der Waals surface area (Å²) in [6.45, 7) is 2.27. The van der Waals surface area contributed by atoms with Crippen LogP contribution >= 0.6 is 0 Å². The van der Waals surface area contributed by atoms with E-state index in [1.54, 1.807) is 6.20 Å². The number of hydrogen-bond donors (Lipinski definition) is 3. The monoisotopic (exact) mass is 295 g/mol. The summed E-state index contributed by atoms with van der Waals surface area (Å²) in [4.78, 5) is 0.0667. The number of aromatic amines is 1. The third-order valence-corrected chi connectivity index (χ3v) is 4.44. The van der Waals surface area contributed by atoms with Crippen molar-refractivity contribution in [1.29, 1.82) is 0 Å². The summed E-state index contributed by atoms with van der Waals surface area (Å²) >= 11 is 0. The van der Waals surface area contributed by atoms with Gasteiger partial charge in [0.2, 0.25) is 10.0 Å². The van der Waals surface area contributed by atoms with E-state index in [4.69, 9.17) is 0 Å². The van der Waals surface area contributed by atoms with E-state index in [1.165, 1.54) is 24.3 Å². The Morgan fingerprint density at radius 3 is 2.85 bits per heavy atom. The molecule has 2 aromatic rings. The molecule has 108 valence electrons. The quantitative estimate of drug-likeness (QED) is 0.701. The number of sulfonamides is 1. The molecule has 3 N–H and O–H groups in total. The van der Waals surface area contributed by atoms with Crippen molar-refractivity contribution in [2.75, 3.05) is 6.54 Å². The smallest absolute Gasteiger partial charge is 0.240 e. The van der Waals surface area contributed by atoms with Crippen molar-refractivity contribution in [1.82, 2.24) is 14.9 Å². The van der Waals surface area contributed by atoms with Crippen LogP contribution in [0, 0.1) is 6.92 Å². The SMILES string of the molecule is Cc1[nH]ncc1CCCNS(=O)(=O)c1cccc(O)c1. The van der Waals surface area contributed by atoms with Crippen LogP contribution in [-0.2, 0) is 16.4 Å². The zero-order chi connectivity index (χ0) is 14.6. The molecule has 0 aliphatic carbocycles. The fourth-order valence-corrected chi connectivity index (χ4v) is 2.96. The Balaban J connectivity index is 1.89. The van der Waals surface area contributed by atoms with Crippen molar-refractivity contribution < 1.29 is 13.5 Å². The number of aryl methyl sites for hydroxylation is 2. The van der Waals surface area contributed by atoms with Gasteiger partial charge in [0.1, 0.15) is 5.75 Å². The lowest BCUT2D eigenvalue weighted by molar-refractivity contribution is 0.473. The summed E-state index contributed by atoms with van der Waals surface area (Å²) in [5.74, 6) is -0.0677. The second kappa shape index (κ2) is 6.06. The molecule has 20 heavy (non-hydrogen) atoms. The highest BCUT2D eigenvalue weighted by molar-refractivity contribution is 7.89. The normalized spacial score (nSPS) is 11.7. The third kappa shape index (κ3) is 3.58. The van der Waals surface area contributed by atoms with E-state index in [1.807, 2.05) is 6.92 Å². The summed E-state index contributed by atoms with van der Waals surface area (Å²) in [7, 11) is -3.57. The van der Waals surface area contributed by atoms with E-state index in [2.05, 4.69) is 14.9 Å². The fraction of sp³-hybridized carbons (Fsp3) is 0.308. The average molecular weight is 295 g/mol. The summed E-state index contributed by atoms with van der Waals surface area (Å²) < 4.78 is 26.5. The van der Waals surface area contributed by atoms with Gasteiger partial charge in [-0.05, 0) is 43.5 Å². The zero-order valence-corrected chi connectivity index (χ0v) is 11.9. The van der Waals surface area contributed by atoms with Gasteiger partial charge in [-0.15, -0.1) is 0 Å². The number of phenolic OH excluding ortho intramolecular Hbond substituents is 1. The second-order valence-electron chi connectivity index (χ2n) is 4.52. The maximum absolute atomic E-state index is 12.0. The van der Waals surface area contributed by atoms with E-state index in [0.717, 1.165) is 17.7 Å². The zero-order valence-electron chi connectivity index (χ0n) is 11.1. The van der Waals surface area contributed by atoms with Gasteiger partial charge in [-0.3, -0.25) is 5.10 Å². The van der Waals surface area contributed by atoms with Crippen LogP contribution in [0.1, 0.15) is 17.7 Å². The Bertz CT molecular complexity index is 680. The standard InChI is InChI=1S/C13H17N3O3S/c1-10-11(9-14-16-10)4-3-7-15-20(18,19)13-6-2-5-12(17)8-13/h2,5-6,8-9,15,17H,3-4,7H2,1H3,(H,14,16). The minimum atomic E-state index is -3.57. The van der Waals surface area contributed by atoms with Crippen LogP contribution in [0.3, 0.4) is 0 Å². The molecular formula is C13H17N3O3S. The van der Waals surface area contributed by atoms with Crippen molar-refractivity contribution in [2.24, 2.45) is 0 Å². The van der Waals surface area contributed by atoms with E-state index in [0.29, 0.717) is 13.0 Å². The van der Waals surface area contributed by atoms with E-state index in [-0.39, 0.29) is 10.6 Å². The largest absolute Gasteiger partial charge is 0.508 e. The molecule has 0 saturated carbocycles. The Morgan fingerprint density at radius 2 is 2.20 bits per heavy atom. The second-order valence-corrected chi connectivity index (χ2v) is 6.29. The van der Waals surface area contributed by atoms with E-state index < -0.39 is 10.0 Å². The van der Waals surface area contributed by atoms with Crippen LogP contribution in [0.4, 0.5) is 0 Å². The fourth-order valence-electron chi connectivity index (χ4n) is 1.85. The minimum Gasteiger partial charge on any atom is -0.508 e. The number of hydrogen-bond acceptors (Lipinski definition) is 4. The van der Waals surface area contributed by atoms with Crippen molar-refractivity contribution in [3.8, 4) is 5.75 Å². The molecule has 0 aliphatic heterocycles. The summed E-state index contributed by atoms with van der Waals surface area (Å²) in [6.07, 6.45) is 3.18. The van der Waals surface area contributed by atoms with Crippen molar-refractivity contribution in [3.63, 3.8) is 0 Å². The van der Waals surface area contributed by atoms with Gasteiger partial charge in [-0.25, -0.2) is 13.1 Å². The van der Waals surface area contributed by atoms with Gasteiger partial charge in [0, 0.05) is 12.2 Å². The third-order valence-electron chi connectivity index (χ3n) is 2.98. The highest BCUT2D eigenvalue weighted by atomic mass is 32.2. The van der Waals surface area contributed by atoms with Gasteiger partial charge in [-0.2, -0.15) is 5.10 Å². The van der Waals surface area contributed by atoms with Gasteiger partial charge >= 0.3 is 0 Å². The maximum atomic E-state index is 12.0. The summed E-state index contributed by atoms with van der Waals surface area (Å²) in [5, 5.41) is 16.1. The van der Waals surface area contributed by atoms with Crippen LogP contribution in [0.25, 0.3) is 0 Å². The molecular weight excluding hydrogens is 278 g/mol. The van der Waals surface area contributed by atoms with Crippen LogP contribution in [0.15, 0.2) is 35.4 Å². The number of nitrogens with one attached hydrogen (secondary N) is 2. The number of aromatic hydroxyl groups is 1. The number of phenols is 1. The van der Waals surface area contributed by atoms with Gasteiger partial charge in [0.25, 0.3) is 0 Å². The predicted octanol–water partition coefficient (Wildman–Crippen LogP) is 1.33. The summed E-state index contributed by atoms with van der Waals surface area (Å²) in [6, 6.07) is 5.60. The van der Waals surface area contributed by atoms with E-state index in [9.17, 15) is 13.5 Å². The van der Waals surface area contributed by atoms with Gasteiger partial charge in [0.15, 0.2) is 0 Å². The lowest BCUT2D eigenvalue weighted by Gasteiger charge is -2.06. The number of rotatable bonds is 6. The first-order valence-corrected chi connectivity index (χ1v) is 7.75. The number of nitrogens with zero attached hydrogens (tertiary/aromatic N) is 1. The van der Waals surface area contributed by atoms with Crippen LogP contribution in [0.2, 0.25) is 0 Å². The summed E-state index contributed by atoms with van der Waals surface area (Å²) in [5.41, 5.74) is 2.09. The highest BCUT2D eigenvalue weighted by Crippen LogP contribution is 2.15. The molecule has 0 aliphatic rings. The topological polar surface area (TPSA) is 95.1 Å². The molecule has 0 spiro atoms. The first-order chi connectivity index (χ1) is 9.49. The molecule has 6 nitrogen and oxygen atoms in total. The predicted molar refractivity (Wildman–Crippen MR) is 74.9 cm³/mol. The molecule has 0 unspecified atom stereocenters. The Labute approximate surface area is 117 Å². The Hall–Kier alpha value is -1.86. The van der Waals surface area contributed by atoms with E-state index >= 15 is 0 Å². The number of benzene rings is 1. The van der Waals surface area contributed by atoms with Gasteiger partial charge in [-0.1, -0.05) is 6.07 Å². The van der Waals surface area contributed by atoms with Gasteiger partial charge in [0.05, 0.1) is 11.1 Å². The minimum absolute atomic E-state index is 0.0667. The molecule has 1 heterocycles. The maximum Gasteiger partial charge on any atom is 0.240 e. The molecule has 0 bridgehead atoms. The number of H-pyrrole nitrogens is 1. The highest BCUT2D eigenvalue weighted by Gasteiger charge is 2.13. The molecule has 7 heteroatoms. The van der Waals surface area contributed by atoms with Crippen molar-refractivity contribution in [2.45, 2.75) is 24.7 Å². The molecule has 0 fully saturated rings. The first kappa shape index (κ1) is 14.5. The molecule has 0 amide bonds. The lowest BCUT2D eigenvalue weighted by atomic mass is 10.1. The molecule has 0 radical (unpaired) electrons.